The van der Waals surface area contributed by atoms with Crippen LogP contribution in [0.3, 0.4) is 0 Å². The first-order chi connectivity index (χ1) is 17.5. The number of aromatic nitrogens is 2. The average molecular weight is 555 g/mol. The average Bonchev–Trinajstić information content (AvgIpc) is 3.39. The van der Waals surface area contributed by atoms with E-state index in [1.807, 2.05) is 18.7 Å². The van der Waals surface area contributed by atoms with Crippen molar-refractivity contribution in [2.45, 2.75) is 49.3 Å². The van der Waals surface area contributed by atoms with Gasteiger partial charge in [0, 0.05) is 51.7 Å². The molecule has 204 valence electrons. The number of amides is 1. The number of hydrogen-bond acceptors (Lipinski definition) is 9. The van der Waals surface area contributed by atoms with E-state index in [9.17, 15) is 21.6 Å². The molecule has 2 fully saturated rings. The Labute approximate surface area is 218 Å². The summed E-state index contributed by atoms with van der Waals surface area (Å²) >= 11 is 0. The predicted molar refractivity (Wildman–Crippen MR) is 136 cm³/mol. The third kappa shape index (κ3) is 5.97. The highest BCUT2D eigenvalue weighted by molar-refractivity contribution is 7.89. The number of nitrogens with zero attached hydrogens (tertiary/aromatic N) is 5. The number of anilines is 1. The van der Waals surface area contributed by atoms with Crippen molar-refractivity contribution >= 4 is 32.0 Å². The smallest absolute Gasteiger partial charge is 0.324 e. The molecule has 37 heavy (non-hydrogen) atoms. The van der Waals surface area contributed by atoms with E-state index < -0.39 is 26.0 Å². The summed E-state index contributed by atoms with van der Waals surface area (Å²) in [6, 6.07) is 5.61. The Morgan fingerprint density at radius 3 is 2.30 bits per heavy atom. The minimum absolute atomic E-state index is 0.0000927. The first-order valence-electron chi connectivity index (χ1n) is 12.5. The van der Waals surface area contributed by atoms with Crippen molar-refractivity contribution in [3.63, 3.8) is 0 Å². The van der Waals surface area contributed by atoms with E-state index in [0.29, 0.717) is 57.4 Å². The van der Waals surface area contributed by atoms with E-state index in [0.717, 1.165) is 0 Å². The van der Waals surface area contributed by atoms with E-state index in [2.05, 4.69) is 14.9 Å². The fourth-order valence-corrected chi connectivity index (χ4v) is 7.11. The molecular weight excluding hydrogens is 520 g/mol. The number of rotatable bonds is 8. The van der Waals surface area contributed by atoms with Crippen LogP contribution in [0.1, 0.15) is 45.4 Å². The Bertz CT molecular complexity index is 1300. The third-order valence-electron chi connectivity index (χ3n) is 6.65. The Balaban J connectivity index is 1.38. The summed E-state index contributed by atoms with van der Waals surface area (Å²) < 4.78 is 59.9. The molecule has 1 atom stereocenters. The second-order valence-electron chi connectivity index (χ2n) is 9.58. The van der Waals surface area contributed by atoms with Gasteiger partial charge in [-0.2, -0.15) is 9.29 Å². The van der Waals surface area contributed by atoms with Crippen LogP contribution in [0.4, 0.5) is 6.01 Å². The zero-order chi connectivity index (χ0) is 26.8. The summed E-state index contributed by atoms with van der Waals surface area (Å²) in [5.41, 5.74) is 0. The Morgan fingerprint density at radius 2 is 1.70 bits per heavy atom. The predicted octanol–water partition coefficient (Wildman–Crippen LogP) is 1.24. The van der Waals surface area contributed by atoms with Crippen LogP contribution in [0.15, 0.2) is 38.6 Å². The molecule has 2 aromatic rings. The van der Waals surface area contributed by atoms with Crippen LogP contribution in [-0.4, -0.2) is 87.9 Å². The summed E-state index contributed by atoms with van der Waals surface area (Å²) in [4.78, 5) is 21.4. The summed E-state index contributed by atoms with van der Waals surface area (Å²) in [6.07, 6.45) is 1.19. The lowest BCUT2D eigenvalue weighted by Crippen LogP contribution is -2.53. The zero-order valence-electron chi connectivity index (χ0n) is 21.3. The largest absolute Gasteiger partial charge is 0.339 e. The molecule has 0 bridgehead atoms. The van der Waals surface area contributed by atoms with E-state index in [-0.39, 0.29) is 34.7 Å². The lowest BCUT2D eigenvalue weighted by molar-refractivity contribution is -0.137. The zero-order valence-corrected chi connectivity index (χ0v) is 23.0. The number of nitrogens with one attached hydrogen (secondary N) is 1. The van der Waals surface area contributed by atoms with Gasteiger partial charge >= 0.3 is 6.01 Å². The maximum absolute atomic E-state index is 13.3. The van der Waals surface area contributed by atoms with Crippen LogP contribution in [0.25, 0.3) is 0 Å². The normalized spacial score (nSPS) is 19.9. The van der Waals surface area contributed by atoms with Crippen LogP contribution >= 0.6 is 0 Å². The highest BCUT2D eigenvalue weighted by Gasteiger charge is 2.36. The molecular formula is C23H34N6O6S2. The van der Waals surface area contributed by atoms with Crippen molar-refractivity contribution in [2.24, 2.45) is 5.92 Å². The molecule has 2 aliphatic heterocycles. The first-order valence-corrected chi connectivity index (χ1v) is 15.4. The fraction of sp³-hybridized carbons (Fsp3) is 0.609. The third-order valence-corrected chi connectivity index (χ3v) is 10.1. The van der Waals surface area contributed by atoms with Gasteiger partial charge in [-0.05, 0) is 37.1 Å². The van der Waals surface area contributed by atoms with Gasteiger partial charge in [-0.25, -0.2) is 21.6 Å². The molecule has 0 aliphatic carbocycles. The van der Waals surface area contributed by atoms with Gasteiger partial charge in [0.15, 0.2) is 5.82 Å². The molecule has 1 aromatic carbocycles. The number of carbonyl (C=O) groups excluding carboxylic acids is 1. The summed E-state index contributed by atoms with van der Waals surface area (Å²) in [5.74, 6) is 0.320. The van der Waals surface area contributed by atoms with Gasteiger partial charge in [-0.15, -0.1) is 0 Å². The lowest BCUT2D eigenvalue weighted by Gasteiger charge is -2.38. The molecule has 1 unspecified atom stereocenters. The van der Waals surface area contributed by atoms with Gasteiger partial charge in [0.1, 0.15) is 0 Å². The van der Waals surface area contributed by atoms with E-state index in [1.165, 1.54) is 28.6 Å². The number of hydrogen-bond donors (Lipinski definition) is 1. The van der Waals surface area contributed by atoms with Crippen LogP contribution in [-0.2, 0) is 24.8 Å². The van der Waals surface area contributed by atoms with Crippen LogP contribution in [0.2, 0.25) is 0 Å². The SMILES string of the molecule is CCNS(=O)(=O)c1ccc(S(=O)(=O)N2CCCC(C(=O)N3CCN(c4nc(C(C)C)no4)CC3)C2)cc1. The van der Waals surface area contributed by atoms with Gasteiger partial charge in [-0.3, -0.25) is 4.79 Å². The van der Waals surface area contributed by atoms with Crippen molar-refractivity contribution in [3.8, 4) is 0 Å². The Hall–Kier alpha value is -2.55. The summed E-state index contributed by atoms with van der Waals surface area (Å²) in [7, 11) is -7.55. The molecule has 0 radical (unpaired) electrons. The molecule has 2 saturated heterocycles. The minimum atomic E-state index is -3.87. The highest BCUT2D eigenvalue weighted by Crippen LogP contribution is 2.27. The molecule has 12 nitrogen and oxygen atoms in total. The van der Waals surface area contributed by atoms with Crippen LogP contribution < -0.4 is 9.62 Å². The van der Waals surface area contributed by atoms with Crippen molar-refractivity contribution in [1.82, 2.24) is 24.1 Å². The lowest BCUT2D eigenvalue weighted by atomic mass is 9.98. The molecule has 14 heteroatoms. The molecule has 0 saturated carbocycles. The second-order valence-corrected chi connectivity index (χ2v) is 13.3. The van der Waals surface area contributed by atoms with Crippen molar-refractivity contribution in [3.05, 3.63) is 30.1 Å². The molecule has 1 aromatic heterocycles. The van der Waals surface area contributed by atoms with Crippen molar-refractivity contribution < 1.29 is 26.2 Å². The number of benzene rings is 1. The molecule has 1 amide bonds. The number of piperidine rings is 1. The van der Waals surface area contributed by atoms with Gasteiger partial charge in [0.25, 0.3) is 0 Å². The maximum Gasteiger partial charge on any atom is 0.324 e. The minimum Gasteiger partial charge on any atom is -0.339 e. The van der Waals surface area contributed by atoms with Gasteiger partial charge in [0.05, 0.1) is 15.7 Å². The number of carbonyl (C=O) groups is 1. The number of piperazine rings is 1. The molecule has 3 heterocycles. The van der Waals surface area contributed by atoms with E-state index in [1.54, 1.807) is 11.8 Å². The monoisotopic (exact) mass is 554 g/mol. The second kappa shape index (κ2) is 11.1. The quantitative estimate of drug-likeness (QED) is 0.509. The summed E-state index contributed by atoms with van der Waals surface area (Å²) in [6.45, 7) is 8.38. The van der Waals surface area contributed by atoms with Gasteiger partial charge in [0.2, 0.25) is 26.0 Å². The first kappa shape index (κ1) is 27.5. The van der Waals surface area contributed by atoms with Crippen LogP contribution in [0, 0.1) is 5.92 Å². The van der Waals surface area contributed by atoms with Crippen molar-refractivity contribution in [1.29, 1.82) is 0 Å². The fourth-order valence-electron chi connectivity index (χ4n) is 4.54. The topological polar surface area (TPSA) is 146 Å². The number of sulfonamides is 2. The standard InChI is InChI=1S/C23H34N6O6S2/c1-4-24-36(31,32)19-7-9-20(10-8-19)37(33,34)29-11-5-6-18(16-29)22(30)27-12-14-28(15-13-27)23-25-21(17(2)3)26-35-23/h7-10,17-18,24H,4-6,11-16H2,1-3H3. The summed E-state index contributed by atoms with van der Waals surface area (Å²) in [5, 5.41) is 4.00. The van der Waals surface area contributed by atoms with E-state index in [4.69, 9.17) is 4.52 Å². The maximum atomic E-state index is 13.3. The van der Waals surface area contributed by atoms with Gasteiger partial charge in [-0.1, -0.05) is 25.9 Å². The van der Waals surface area contributed by atoms with Crippen LogP contribution in [0.5, 0.6) is 0 Å². The molecule has 1 N–H and O–H groups in total. The van der Waals surface area contributed by atoms with Gasteiger partial charge < -0.3 is 14.3 Å². The highest BCUT2D eigenvalue weighted by atomic mass is 32.2. The Morgan fingerprint density at radius 1 is 1.05 bits per heavy atom. The van der Waals surface area contributed by atoms with E-state index >= 15 is 0 Å². The molecule has 4 rings (SSSR count). The Kier molecular flexibility index (Phi) is 8.21. The molecule has 2 aliphatic rings. The molecule has 0 spiro atoms. The van der Waals surface area contributed by atoms with Crippen molar-refractivity contribution in [2.75, 3.05) is 50.7 Å².